The van der Waals surface area contributed by atoms with Crippen LogP contribution in [0.1, 0.15) is 20.7 Å². The Morgan fingerprint density at radius 1 is 1.00 bits per heavy atom. The Balaban J connectivity index is 2.15. The van der Waals surface area contributed by atoms with Gasteiger partial charge < -0.3 is 11.1 Å². The predicted octanol–water partition coefficient (Wildman–Crippen LogP) is 1.78. The molecule has 0 atom stereocenters. The first-order valence-electron chi connectivity index (χ1n) is 5.92. The highest BCUT2D eigenvalue weighted by Gasteiger charge is 2.10. The third-order valence-electron chi connectivity index (χ3n) is 2.77. The van der Waals surface area contributed by atoms with E-state index in [1.807, 2.05) is 0 Å². The number of nitrogen functional groups attached to an aromatic ring is 1. The van der Waals surface area contributed by atoms with E-state index in [1.54, 1.807) is 0 Å². The van der Waals surface area contributed by atoms with Gasteiger partial charge in [-0.25, -0.2) is 9.87 Å². The molecular weight excluding hydrogens is 277 g/mol. The van der Waals surface area contributed by atoms with Crippen LogP contribution in [0.2, 0.25) is 0 Å². The van der Waals surface area contributed by atoms with Gasteiger partial charge in [-0.05, 0) is 42.5 Å². The second kappa shape index (κ2) is 6.02. The SMILES string of the molecule is Nc1cc(F)ccc1NC(=O)c1ccc(C(=O)NO)cc1. The van der Waals surface area contributed by atoms with Crippen LogP contribution in [0.25, 0.3) is 0 Å². The molecule has 2 amide bonds. The van der Waals surface area contributed by atoms with Crippen molar-refractivity contribution in [2.45, 2.75) is 0 Å². The molecule has 2 aromatic carbocycles. The minimum absolute atomic E-state index is 0.111. The molecule has 0 spiro atoms. The lowest BCUT2D eigenvalue weighted by molar-refractivity contribution is 0.0706. The molecule has 0 radical (unpaired) electrons. The molecule has 0 saturated carbocycles. The number of anilines is 2. The van der Waals surface area contributed by atoms with Crippen LogP contribution in [0.4, 0.5) is 15.8 Å². The van der Waals surface area contributed by atoms with Crippen molar-refractivity contribution in [2.24, 2.45) is 0 Å². The number of halogens is 1. The lowest BCUT2D eigenvalue weighted by Crippen LogP contribution is -2.19. The monoisotopic (exact) mass is 289 g/mol. The van der Waals surface area contributed by atoms with Gasteiger partial charge in [0, 0.05) is 11.1 Å². The summed E-state index contributed by atoms with van der Waals surface area (Å²) in [4.78, 5) is 23.1. The Hall–Kier alpha value is -2.93. The topological polar surface area (TPSA) is 104 Å². The van der Waals surface area contributed by atoms with E-state index in [2.05, 4.69) is 5.32 Å². The second-order valence-electron chi connectivity index (χ2n) is 4.20. The van der Waals surface area contributed by atoms with Gasteiger partial charge in [0.2, 0.25) is 0 Å². The molecular formula is C14H12FN3O3. The van der Waals surface area contributed by atoms with Gasteiger partial charge in [-0.1, -0.05) is 0 Å². The molecule has 0 fully saturated rings. The van der Waals surface area contributed by atoms with Gasteiger partial charge in [0.05, 0.1) is 11.4 Å². The lowest BCUT2D eigenvalue weighted by Gasteiger charge is -2.08. The van der Waals surface area contributed by atoms with E-state index in [1.165, 1.54) is 41.9 Å². The molecule has 108 valence electrons. The van der Waals surface area contributed by atoms with Crippen LogP contribution in [-0.4, -0.2) is 17.0 Å². The maximum absolute atomic E-state index is 12.9. The number of hydroxylamine groups is 1. The van der Waals surface area contributed by atoms with Crippen molar-refractivity contribution in [2.75, 3.05) is 11.1 Å². The molecule has 6 nitrogen and oxygen atoms in total. The molecule has 5 N–H and O–H groups in total. The number of benzene rings is 2. The number of amides is 2. The van der Waals surface area contributed by atoms with Crippen LogP contribution in [0.15, 0.2) is 42.5 Å². The number of carbonyl (C=O) groups is 2. The molecule has 0 heterocycles. The van der Waals surface area contributed by atoms with Crippen LogP contribution < -0.4 is 16.5 Å². The lowest BCUT2D eigenvalue weighted by atomic mass is 10.1. The highest BCUT2D eigenvalue weighted by atomic mass is 19.1. The summed E-state index contributed by atoms with van der Waals surface area (Å²) in [5.74, 6) is -1.63. The molecule has 0 aliphatic carbocycles. The minimum Gasteiger partial charge on any atom is -0.397 e. The van der Waals surface area contributed by atoms with E-state index >= 15 is 0 Å². The number of hydrogen-bond acceptors (Lipinski definition) is 4. The summed E-state index contributed by atoms with van der Waals surface area (Å²) in [5, 5.41) is 11.0. The standard InChI is InChI=1S/C14H12FN3O3/c15-10-5-6-12(11(16)7-10)17-13(19)8-1-3-9(4-2-8)14(20)18-21/h1-7,21H,16H2,(H,17,19)(H,18,20). The zero-order chi connectivity index (χ0) is 15.4. The highest BCUT2D eigenvalue weighted by molar-refractivity contribution is 6.06. The quantitative estimate of drug-likeness (QED) is 0.392. The van der Waals surface area contributed by atoms with Gasteiger partial charge >= 0.3 is 0 Å². The number of rotatable bonds is 3. The van der Waals surface area contributed by atoms with Crippen molar-refractivity contribution in [1.29, 1.82) is 0 Å². The van der Waals surface area contributed by atoms with Gasteiger partial charge in [0.1, 0.15) is 5.82 Å². The van der Waals surface area contributed by atoms with Crippen LogP contribution in [0, 0.1) is 5.82 Å². The summed E-state index contributed by atoms with van der Waals surface area (Å²) < 4.78 is 12.9. The summed E-state index contributed by atoms with van der Waals surface area (Å²) in [6.07, 6.45) is 0. The maximum Gasteiger partial charge on any atom is 0.274 e. The third-order valence-corrected chi connectivity index (χ3v) is 2.77. The largest absolute Gasteiger partial charge is 0.397 e. The number of nitrogens with one attached hydrogen (secondary N) is 2. The van der Waals surface area contributed by atoms with E-state index in [9.17, 15) is 14.0 Å². The summed E-state index contributed by atoms with van der Waals surface area (Å²) in [6, 6.07) is 9.24. The van der Waals surface area contributed by atoms with E-state index in [0.29, 0.717) is 5.69 Å². The Morgan fingerprint density at radius 3 is 2.10 bits per heavy atom. The normalized spacial score (nSPS) is 10.0. The minimum atomic E-state index is -0.676. The molecule has 0 aliphatic rings. The summed E-state index contributed by atoms with van der Waals surface area (Å²) in [6.45, 7) is 0. The highest BCUT2D eigenvalue weighted by Crippen LogP contribution is 2.20. The van der Waals surface area contributed by atoms with E-state index in [4.69, 9.17) is 10.9 Å². The van der Waals surface area contributed by atoms with Gasteiger partial charge in [0.25, 0.3) is 11.8 Å². The van der Waals surface area contributed by atoms with E-state index < -0.39 is 17.6 Å². The Kier molecular flexibility index (Phi) is 4.15. The second-order valence-corrected chi connectivity index (χ2v) is 4.20. The first kappa shape index (κ1) is 14.5. The zero-order valence-corrected chi connectivity index (χ0v) is 10.8. The van der Waals surface area contributed by atoms with Gasteiger partial charge in [-0.2, -0.15) is 0 Å². The summed E-state index contributed by atoms with van der Waals surface area (Å²) in [7, 11) is 0. The summed E-state index contributed by atoms with van der Waals surface area (Å²) >= 11 is 0. The van der Waals surface area contributed by atoms with Crippen molar-refractivity contribution < 1.29 is 19.2 Å². The molecule has 21 heavy (non-hydrogen) atoms. The Labute approximate surface area is 119 Å². The molecule has 0 aliphatic heterocycles. The number of carbonyl (C=O) groups excluding carboxylic acids is 2. The van der Waals surface area contributed by atoms with Crippen molar-refractivity contribution in [1.82, 2.24) is 5.48 Å². The van der Waals surface area contributed by atoms with Crippen LogP contribution in [0.3, 0.4) is 0 Å². The molecule has 0 saturated heterocycles. The number of hydrogen-bond donors (Lipinski definition) is 4. The fourth-order valence-electron chi connectivity index (χ4n) is 1.68. The smallest absolute Gasteiger partial charge is 0.274 e. The van der Waals surface area contributed by atoms with Crippen molar-refractivity contribution in [3.63, 3.8) is 0 Å². The first-order chi connectivity index (χ1) is 10.0. The molecule has 0 aromatic heterocycles. The first-order valence-corrected chi connectivity index (χ1v) is 5.92. The summed E-state index contributed by atoms with van der Waals surface area (Å²) in [5.41, 5.74) is 7.98. The predicted molar refractivity (Wildman–Crippen MR) is 74.5 cm³/mol. The molecule has 7 heteroatoms. The Morgan fingerprint density at radius 2 is 1.57 bits per heavy atom. The molecule has 2 aromatic rings. The van der Waals surface area contributed by atoms with Crippen molar-refractivity contribution >= 4 is 23.2 Å². The average Bonchev–Trinajstić information content (AvgIpc) is 2.49. The molecule has 0 bridgehead atoms. The maximum atomic E-state index is 12.9. The van der Waals surface area contributed by atoms with Crippen molar-refractivity contribution in [3.05, 3.63) is 59.4 Å². The van der Waals surface area contributed by atoms with Gasteiger partial charge in [-0.15, -0.1) is 0 Å². The van der Waals surface area contributed by atoms with Crippen molar-refractivity contribution in [3.8, 4) is 0 Å². The van der Waals surface area contributed by atoms with Crippen LogP contribution in [0.5, 0.6) is 0 Å². The third kappa shape index (κ3) is 3.34. The Bertz CT molecular complexity index is 686. The fraction of sp³-hybridized carbons (Fsp3) is 0. The number of nitrogens with two attached hydrogens (primary N) is 1. The zero-order valence-electron chi connectivity index (χ0n) is 10.8. The van der Waals surface area contributed by atoms with Crippen LogP contribution in [-0.2, 0) is 0 Å². The molecule has 0 unspecified atom stereocenters. The van der Waals surface area contributed by atoms with Crippen LogP contribution >= 0.6 is 0 Å². The van der Waals surface area contributed by atoms with Gasteiger partial charge in [-0.3, -0.25) is 14.8 Å². The fourth-order valence-corrected chi connectivity index (χ4v) is 1.68. The average molecular weight is 289 g/mol. The molecule has 2 rings (SSSR count). The van der Waals surface area contributed by atoms with E-state index in [0.717, 1.165) is 6.07 Å². The van der Waals surface area contributed by atoms with E-state index in [-0.39, 0.29) is 16.8 Å². The van der Waals surface area contributed by atoms with Gasteiger partial charge in [0.15, 0.2) is 0 Å².